The number of piperidine rings is 1. The molecule has 2 heterocycles. The molecule has 1 fully saturated rings. The minimum absolute atomic E-state index is 0.211. The summed E-state index contributed by atoms with van der Waals surface area (Å²) in [5.41, 5.74) is -0.286. The standard InChI is InChI=1S/C16H22F2N2O2/c1-16(2,3)22-15(21)20-8-6-11(7-9-20)14(18)13-5-4-12(17)10-19-13/h4-5,10-11,14H,6-9H2,1-3H3. The molecule has 2 rings (SSSR count). The fourth-order valence-corrected chi connectivity index (χ4v) is 2.49. The van der Waals surface area contributed by atoms with E-state index in [-0.39, 0.29) is 17.7 Å². The van der Waals surface area contributed by atoms with E-state index in [1.165, 1.54) is 12.1 Å². The molecule has 0 bridgehead atoms. The van der Waals surface area contributed by atoms with Crippen LogP contribution in [0.25, 0.3) is 0 Å². The lowest BCUT2D eigenvalue weighted by Crippen LogP contribution is -2.42. The second kappa shape index (κ2) is 6.58. The summed E-state index contributed by atoms with van der Waals surface area (Å²) >= 11 is 0. The van der Waals surface area contributed by atoms with Crippen LogP contribution in [0.3, 0.4) is 0 Å². The Morgan fingerprint density at radius 3 is 2.50 bits per heavy atom. The number of aromatic nitrogens is 1. The van der Waals surface area contributed by atoms with Crippen LogP contribution < -0.4 is 0 Å². The van der Waals surface area contributed by atoms with Crippen LogP contribution in [0, 0.1) is 11.7 Å². The first-order valence-corrected chi connectivity index (χ1v) is 7.50. The summed E-state index contributed by atoms with van der Waals surface area (Å²) in [6, 6.07) is 2.59. The molecule has 122 valence electrons. The lowest BCUT2D eigenvalue weighted by atomic mass is 9.90. The van der Waals surface area contributed by atoms with Gasteiger partial charge in [-0.1, -0.05) is 0 Å². The summed E-state index contributed by atoms with van der Waals surface area (Å²) in [7, 11) is 0. The fourth-order valence-electron chi connectivity index (χ4n) is 2.49. The zero-order valence-corrected chi connectivity index (χ0v) is 13.2. The monoisotopic (exact) mass is 312 g/mol. The van der Waals surface area contributed by atoms with Crippen LogP contribution in [-0.2, 0) is 4.74 Å². The number of pyridine rings is 1. The molecule has 1 aliphatic heterocycles. The predicted molar refractivity (Wildman–Crippen MR) is 78.6 cm³/mol. The number of alkyl halides is 1. The summed E-state index contributed by atoms with van der Waals surface area (Å²) in [5, 5.41) is 0. The maximum atomic E-state index is 14.4. The van der Waals surface area contributed by atoms with Crippen LogP contribution in [-0.4, -0.2) is 34.7 Å². The summed E-state index contributed by atoms with van der Waals surface area (Å²) in [6.45, 7) is 6.36. The SMILES string of the molecule is CC(C)(C)OC(=O)N1CCC(C(F)c2ccc(F)cn2)CC1. The second-order valence-electron chi connectivity index (χ2n) is 6.61. The van der Waals surface area contributed by atoms with Gasteiger partial charge in [0, 0.05) is 13.1 Å². The van der Waals surface area contributed by atoms with Crippen LogP contribution in [0.2, 0.25) is 0 Å². The number of hydrogen-bond acceptors (Lipinski definition) is 3. The van der Waals surface area contributed by atoms with Crippen molar-refractivity contribution in [1.29, 1.82) is 0 Å². The molecule has 1 saturated heterocycles. The van der Waals surface area contributed by atoms with E-state index in [1.54, 1.807) is 4.90 Å². The zero-order chi connectivity index (χ0) is 16.3. The van der Waals surface area contributed by atoms with Crippen molar-refractivity contribution in [3.05, 3.63) is 29.8 Å². The lowest BCUT2D eigenvalue weighted by Gasteiger charge is -2.34. The van der Waals surface area contributed by atoms with Gasteiger partial charge in [-0.2, -0.15) is 0 Å². The highest BCUT2D eigenvalue weighted by Crippen LogP contribution is 2.33. The highest BCUT2D eigenvalue weighted by atomic mass is 19.1. The Hall–Kier alpha value is -1.72. The highest BCUT2D eigenvalue weighted by Gasteiger charge is 2.31. The van der Waals surface area contributed by atoms with Gasteiger partial charge in [-0.05, 0) is 51.7 Å². The number of carbonyl (C=O) groups excluding carboxylic acids is 1. The van der Waals surface area contributed by atoms with Crippen LogP contribution >= 0.6 is 0 Å². The molecule has 1 aliphatic rings. The first kappa shape index (κ1) is 16.6. The van der Waals surface area contributed by atoms with E-state index in [0.29, 0.717) is 25.9 Å². The molecule has 1 amide bonds. The van der Waals surface area contributed by atoms with Gasteiger partial charge in [-0.25, -0.2) is 13.6 Å². The minimum atomic E-state index is -1.23. The molecule has 4 nitrogen and oxygen atoms in total. The van der Waals surface area contributed by atoms with Gasteiger partial charge in [-0.3, -0.25) is 4.98 Å². The first-order valence-electron chi connectivity index (χ1n) is 7.50. The van der Waals surface area contributed by atoms with Crippen LogP contribution in [0.1, 0.15) is 45.5 Å². The summed E-state index contributed by atoms with van der Waals surface area (Å²) < 4.78 is 32.6. The Morgan fingerprint density at radius 2 is 2.00 bits per heavy atom. The van der Waals surface area contributed by atoms with E-state index < -0.39 is 17.6 Å². The molecule has 0 radical (unpaired) electrons. The molecule has 0 saturated carbocycles. The second-order valence-corrected chi connectivity index (χ2v) is 6.61. The van der Waals surface area contributed by atoms with Crippen LogP contribution in [0.5, 0.6) is 0 Å². The quantitative estimate of drug-likeness (QED) is 0.832. The van der Waals surface area contributed by atoms with Gasteiger partial charge in [0.05, 0.1) is 11.9 Å². The largest absolute Gasteiger partial charge is 0.444 e. The maximum absolute atomic E-state index is 14.4. The minimum Gasteiger partial charge on any atom is -0.444 e. The van der Waals surface area contributed by atoms with Crippen molar-refractivity contribution >= 4 is 6.09 Å². The number of nitrogens with zero attached hydrogens (tertiary/aromatic N) is 2. The van der Waals surface area contributed by atoms with Crippen molar-refractivity contribution in [2.45, 2.75) is 45.4 Å². The molecule has 22 heavy (non-hydrogen) atoms. The predicted octanol–water partition coefficient (Wildman–Crippen LogP) is 3.88. The van der Waals surface area contributed by atoms with Crippen molar-refractivity contribution in [2.24, 2.45) is 5.92 Å². The van der Waals surface area contributed by atoms with Gasteiger partial charge < -0.3 is 9.64 Å². The molecule has 6 heteroatoms. The summed E-state index contributed by atoms with van der Waals surface area (Å²) in [4.78, 5) is 17.4. The molecule has 1 aromatic heterocycles. The van der Waals surface area contributed by atoms with Gasteiger partial charge in [0.25, 0.3) is 0 Å². The maximum Gasteiger partial charge on any atom is 0.410 e. The third kappa shape index (κ3) is 4.39. The third-order valence-electron chi connectivity index (χ3n) is 3.64. The van der Waals surface area contributed by atoms with E-state index in [1.807, 2.05) is 20.8 Å². The van der Waals surface area contributed by atoms with Crippen molar-refractivity contribution in [3.8, 4) is 0 Å². The van der Waals surface area contributed by atoms with Gasteiger partial charge in [0.1, 0.15) is 17.6 Å². The average Bonchev–Trinajstić information content (AvgIpc) is 2.46. The average molecular weight is 312 g/mol. The van der Waals surface area contributed by atoms with Crippen molar-refractivity contribution < 1.29 is 18.3 Å². The molecule has 0 N–H and O–H groups in total. The number of carbonyl (C=O) groups is 1. The Morgan fingerprint density at radius 1 is 1.36 bits per heavy atom. The highest BCUT2D eigenvalue weighted by molar-refractivity contribution is 5.68. The molecule has 1 atom stereocenters. The summed E-state index contributed by atoms with van der Waals surface area (Å²) in [6.07, 6.45) is 0.513. The van der Waals surface area contributed by atoms with Gasteiger partial charge in [0.15, 0.2) is 0 Å². The number of halogens is 2. The van der Waals surface area contributed by atoms with E-state index >= 15 is 0 Å². The number of ether oxygens (including phenoxy) is 1. The molecule has 0 aliphatic carbocycles. The Bertz CT molecular complexity index is 506. The van der Waals surface area contributed by atoms with E-state index in [4.69, 9.17) is 4.74 Å². The topological polar surface area (TPSA) is 42.4 Å². The first-order chi connectivity index (χ1) is 10.3. The summed E-state index contributed by atoms with van der Waals surface area (Å²) in [5.74, 6) is -0.688. The normalized spacial score (nSPS) is 18.1. The zero-order valence-electron chi connectivity index (χ0n) is 13.2. The Kier molecular flexibility index (Phi) is 4.98. The smallest absolute Gasteiger partial charge is 0.410 e. The molecule has 0 spiro atoms. The van der Waals surface area contributed by atoms with Gasteiger partial charge in [-0.15, -0.1) is 0 Å². The fraction of sp³-hybridized carbons (Fsp3) is 0.625. The number of likely N-dealkylation sites (tertiary alicyclic amines) is 1. The molecule has 0 aromatic carbocycles. The third-order valence-corrected chi connectivity index (χ3v) is 3.64. The number of rotatable bonds is 2. The van der Waals surface area contributed by atoms with Gasteiger partial charge in [0.2, 0.25) is 0 Å². The van der Waals surface area contributed by atoms with E-state index in [2.05, 4.69) is 4.98 Å². The van der Waals surface area contributed by atoms with Crippen molar-refractivity contribution in [1.82, 2.24) is 9.88 Å². The van der Waals surface area contributed by atoms with Crippen molar-refractivity contribution in [2.75, 3.05) is 13.1 Å². The van der Waals surface area contributed by atoms with Crippen molar-refractivity contribution in [3.63, 3.8) is 0 Å². The molecular weight excluding hydrogens is 290 g/mol. The molecule has 1 unspecified atom stereocenters. The molecular formula is C16H22F2N2O2. The Balaban J connectivity index is 1.89. The molecule has 1 aromatic rings. The van der Waals surface area contributed by atoms with E-state index in [0.717, 1.165) is 6.20 Å². The number of amides is 1. The van der Waals surface area contributed by atoms with Crippen LogP contribution in [0.4, 0.5) is 13.6 Å². The van der Waals surface area contributed by atoms with Crippen LogP contribution in [0.15, 0.2) is 18.3 Å². The Labute approximate surface area is 129 Å². The number of hydrogen-bond donors (Lipinski definition) is 0. The van der Waals surface area contributed by atoms with E-state index in [9.17, 15) is 13.6 Å². The van der Waals surface area contributed by atoms with Gasteiger partial charge >= 0.3 is 6.09 Å². The lowest BCUT2D eigenvalue weighted by molar-refractivity contribution is 0.0142.